The molecule has 1 atom stereocenters. The molecule has 0 aliphatic heterocycles. The second-order valence-electron chi connectivity index (χ2n) is 5.00. The van der Waals surface area contributed by atoms with Crippen LogP contribution in [0.1, 0.15) is 54.2 Å². The molecule has 4 nitrogen and oxygen atoms in total. The van der Waals surface area contributed by atoms with E-state index < -0.39 is 0 Å². The number of carbonyl (C=O) groups excluding carboxylic acids is 1. The molecule has 19 heavy (non-hydrogen) atoms. The fraction of sp³-hybridized carbons (Fsp3) is 0.333. The number of H-pyrrole nitrogens is 1. The molecule has 2 N–H and O–H groups in total. The van der Waals surface area contributed by atoms with E-state index >= 15 is 0 Å². The first-order valence-electron chi connectivity index (χ1n) is 6.47. The minimum atomic E-state index is -0.116. The number of amides is 1. The number of hydrogen-bond acceptors (Lipinski definition) is 2. The van der Waals surface area contributed by atoms with Crippen LogP contribution in [0, 0.1) is 0 Å². The summed E-state index contributed by atoms with van der Waals surface area (Å²) in [6.07, 6.45) is 3.10. The van der Waals surface area contributed by atoms with E-state index in [1.165, 1.54) is 11.8 Å². The minimum absolute atomic E-state index is 0.0244. The number of rotatable bonds is 4. The minimum Gasteiger partial charge on any atom is -0.345 e. The van der Waals surface area contributed by atoms with Crippen molar-refractivity contribution in [2.45, 2.75) is 32.7 Å². The van der Waals surface area contributed by atoms with E-state index in [-0.39, 0.29) is 11.9 Å². The van der Waals surface area contributed by atoms with Crippen LogP contribution in [0.4, 0.5) is 0 Å². The van der Waals surface area contributed by atoms with Crippen molar-refractivity contribution in [3.05, 3.63) is 53.3 Å². The van der Waals surface area contributed by atoms with Crippen molar-refractivity contribution in [1.29, 1.82) is 0 Å². The lowest BCUT2D eigenvalue weighted by Crippen LogP contribution is -2.26. The zero-order valence-electron chi connectivity index (χ0n) is 11.5. The third kappa shape index (κ3) is 3.22. The second kappa shape index (κ2) is 5.69. The van der Waals surface area contributed by atoms with Crippen LogP contribution in [0.25, 0.3) is 0 Å². The molecule has 1 aromatic carbocycles. The van der Waals surface area contributed by atoms with Gasteiger partial charge in [-0.2, -0.15) is 5.10 Å². The highest BCUT2D eigenvalue weighted by atomic mass is 16.1. The summed E-state index contributed by atoms with van der Waals surface area (Å²) in [5.41, 5.74) is 2.95. The molecule has 0 saturated carbocycles. The molecule has 0 spiro atoms. The lowest BCUT2D eigenvalue weighted by molar-refractivity contribution is 0.0940. The summed E-state index contributed by atoms with van der Waals surface area (Å²) in [6.45, 7) is 6.31. The van der Waals surface area contributed by atoms with E-state index in [9.17, 15) is 4.79 Å². The van der Waals surface area contributed by atoms with Gasteiger partial charge in [0.1, 0.15) is 0 Å². The maximum Gasteiger partial charge on any atom is 0.254 e. The van der Waals surface area contributed by atoms with Crippen molar-refractivity contribution in [1.82, 2.24) is 15.5 Å². The number of aromatic nitrogens is 2. The number of benzene rings is 1. The molecule has 4 heteroatoms. The van der Waals surface area contributed by atoms with Crippen LogP contribution in [0.3, 0.4) is 0 Å². The van der Waals surface area contributed by atoms with Gasteiger partial charge in [0.2, 0.25) is 0 Å². The Labute approximate surface area is 113 Å². The molecule has 1 heterocycles. The average molecular weight is 257 g/mol. The van der Waals surface area contributed by atoms with Gasteiger partial charge in [-0.05, 0) is 24.0 Å². The molecular formula is C15H19N3O. The zero-order chi connectivity index (χ0) is 13.8. The number of carbonyl (C=O) groups is 1. The Hall–Kier alpha value is -2.10. The Bertz CT molecular complexity index is 529. The summed E-state index contributed by atoms with van der Waals surface area (Å²) < 4.78 is 0. The smallest absolute Gasteiger partial charge is 0.254 e. The number of nitrogens with zero attached hydrogens (tertiary/aromatic N) is 1. The van der Waals surface area contributed by atoms with Crippen LogP contribution in [-0.2, 0) is 0 Å². The van der Waals surface area contributed by atoms with Gasteiger partial charge in [0.25, 0.3) is 5.91 Å². The Morgan fingerprint density at radius 2 is 1.79 bits per heavy atom. The van der Waals surface area contributed by atoms with Gasteiger partial charge in [0, 0.05) is 6.20 Å². The third-order valence-corrected chi connectivity index (χ3v) is 3.21. The van der Waals surface area contributed by atoms with E-state index in [1.807, 2.05) is 6.92 Å². The summed E-state index contributed by atoms with van der Waals surface area (Å²) in [7, 11) is 0. The van der Waals surface area contributed by atoms with Crippen LogP contribution >= 0.6 is 0 Å². The Morgan fingerprint density at radius 1 is 1.16 bits per heavy atom. The van der Waals surface area contributed by atoms with Crippen molar-refractivity contribution in [3.8, 4) is 0 Å². The highest BCUT2D eigenvalue weighted by Crippen LogP contribution is 2.18. The largest absolute Gasteiger partial charge is 0.345 e. The van der Waals surface area contributed by atoms with Gasteiger partial charge >= 0.3 is 0 Å². The lowest BCUT2D eigenvalue weighted by atomic mass is 9.99. The number of hydrogen-bond donors (Lipinski definition) is 2. The SMILES string of the molecule is CC(C)c1ccc(C(C)NC(=O)c2cn[nH]c2)cc1. The molecule has 0 radical (unpaired) electrons. The normalized spacial score (nSPS) is 12.4. The molecule has 1 aromatic heterocycles. The van der Waals surface area contributed by atoms with Crippen LogP contribution in [-0.4, -0.2) is 16.1 Å². The highest BCUT2D eigenvalue weighted by molar-refractivity contribution is 5.93. The van der Waals surface area contributed by atoms with Gasteiger partial charge in [-0.1, -0.05) is 38.1 Å². The maximum atomic E-state index is 11.9. The highest BCUT2D eigenvalue weighted by Gasteiger charge is 2.12. The predicted molar refractivity (Wildman–Crippen MR) is 75.0 cm³/mol. The average Bonchev–Trinajstić information content (AvgIpc) is 2.92. The van der Waals surface area contributed by atoms with E-state index in [4.69, 9.17) is 0 Å². The summed E-state index contributed by atoms with van der Waals surface area (Å²) in [5.74, 6) is 0.402. The van der Waals surface area contributed by atoms with Gasteiger partial charge in [0.15, 0.2) is 0 Å². The van der Waals surface area contributed by atoms with E-state index in [0.29, 0.717) is 11.5 Å². The van der Waals surface area contributed by atoms with Gasteiger partial charge in [-0.3, -0.25) is 9.89 Å². The standard InChI is InChI=1S/C15H19N3O/c1-10(2)12-4-6-13(7-5-12)11(3)18-15(19)14-8-16-17-9-14/h4-11H,1-3H3,(H,16,17)(H,18,19). The number of aromatic amines is 1. The first-order chi connectivity index (χ1) is 9.08. The fourth-order valence-corrected chi connectivity index (χ4v) is 1.91. The van der Waals surface area contributed by atoms with Gasteiger partial charge < -0.3 is 5.32 Å². The van der Waals surface area contributed by atoms with E-state index in [0.717, 1.165) is 5.56 Å². The van der Waals surface area contributed by atoms with Crippen LogP contribution in [0.5, 0.6) is 0 Å². The van der Waals surface area contributed by atoms with Gasteiger partial charge in [-0.25, -0.2) is 0 Å². The van der Waals surface area contributed by atoms with Crippen LogP contribution in [0.15, 0.2) is 36.7 Å². The van der Waals surface area contributed by atoms with Gasteiger partial charge in [-0.15, -0.1) is 0 Å². The Morgan fingerprint density at radius 3 is 2.32 bits per heavy atom. The zero-order valence-corrected chi connectivity index (χ0v) is 11.5. The van der Waals surface area contributed by atoms with Crippen LogP contribution < -0.4 is 5.32 Å². The quantitative estimate of drug-likeness (QED) is 0.884. The first-order valence-corrected chi connectivity index (χ1v) is 6.47. The molecule has 0 fully saturated rings. The maximum absolute atomic E-state index is 11.9. The van der Waals surface area contributed by atoms with E-state index in [2.05, 4.69) is 53.6 Å². The summed E-state index contributed by atoms with van der Waals surface area (Å²) >= 11 is 0. The van der Waals surface area contributed by atoms with Crippen molar-refractivity contribution in [2.75, 3.05) is 0 Å². The Balaban J connectivity index is 2.03. The molecule has 100 valence electrons. The lowest BCUT2D eigenvalue weighted by Gasteiger charge is -2.15. The van der Waals surface area contributed by atoms with Gasteiger partial charge in [0.05, 0.1) is 17.8 Å². The number of nitrogens with one attached hydrogen (secondary N) is 2. The first kappa shape index (κ1) is 13.3. The van der Waals surface area contributed by atoms with Crippen molar-refractivity contribution in [2.24, 2.45) is 0 Å². The topological polar surface area (TPSA) is 57.8 Å². The molecule has 0 aliphatic carbocycles. The third-order valence-electron chi connectivity index (χ3n) is 3.21. The van der Waals surface area contributed by atoms with E-state index in [1.54, 1.807) is 6.20 Å². The second-order valence-corrected chi connectivity index (χ2v) is 5.00. The molecule has 2 rings (SSSR count). The molecule has 1 unspecified atom stereocenters. The summed E-state index contributed by atoms with van der Waals surface area (Å²) in [6, 6.07) is 8.33. The molecular weight excluding hydrogens is 238 g/mol. The molecule has 0 aliphatic rings. The molecule has 2 aromatic rings. The van der Waals surface area contributed by atoms with Crippen molar-refractivity contribution in [3.63, 3.8) is 0 Å². The molecule has 0 bridgehead atoms. The molecule has 0 saturated heterocycles. The van der Waals surface area contributed by atoms with Crippen molar-refractivity contribution < 1.29 is 4.79 Å². The summed E-state index contributed by atoms with van der Waals surface area (Å²) in [5, 5.41) is 9.35. The van der Waals surface area contributed by atoms with Crippen molar-refractivity contribution >= 4 is 5.91 Å². The fourth-order valence-electron chi connectivity index (χ4n) is 1.91. The monoisotopic (exact) mass is 257 g/mol. The predicted octanol–water partition coefficient (Wildman–Crippen LogP) is 3.02. The molecule has 1 amide bonds. The Kier molecular flexibility index (Phi) is 4.00. The summed E-state index contributed by atoms with van der Waals surface area (Å²) in [4.78, 5) is 11.9. The van der Waals surface area contributed by atoms with Crippen LogP contribution in [0.2, 0.25) is 0 Å².